The van der Waals surface area contributed by atoms with Gasteiger partial charge in [0.15, 0.2) is 0 Å². The highest BCUT2D eigenvalue weighted by molar-refractivity contribution is 5.87. The number of nitrogens with one attached hydrogen (secondary N) is 2. The first-order valence-electron chi connectivity index (χ1n) is 10.5. The third kappa shape index (κ3) is 4.45. The molecule has 1 saturated carbocycles. The molecule has 4 rings (SSSR count). The number of hydrogen-bond acceptors (Lipinski definition) is 4. The average Bonchev–Trinajstić information content (AvgIpc) is 3.51. The molecule has 7 heteroatoms. The number of benzene rings is 2. The van der Waals surface area contributed by atoms with Crippen LogP contribution in [0.3, 0.4) is 0 Å². The molecule has 0 saturated heterocycles. The van der Waals surface area contributed by atoms with E-state index in [2.05, 4.69) is 40.8 Å². The summed E-state index contributed by atoms with van der Waals surface area (Å²) in [6.07, 6.45) is 5.12. The minimum atomic E-state index is -1.16. The van der Waals surface area contributed by atoms with Gasteiger partial charge in [-0.1, -0.05) is 48.5 Å². The van der Waals surface area contributed by atoms with Gasteiger partial charge in [0.2, 0.25) is 5.91 Å². The van der Waals surface area contributed by atoms with Crippen LogP contribution in [0.25, 0.3) is 11.1 Å². The number of hydrogen-bond donors (Lipinski definition) is 3. The normalized spacial score (nSPS) is 19.1. The van der Waals surface area contributed by atoms with Crippen molar-refractivity contribution in [1.82, 2.24) is 10.6 Å². The minimum Gasteiger partial charge on any atom is -0.480 e. The van der Waals surface area contributed by atoms with Crippen LogP contribution in [0, 0.1) is 24.2 Å². The van der Waals surface area contributed by atoms with Crippen molar-refractivity contribution < 1.29 is 24.2 Å². The van der Waals surface area contributed by atoms with Gasteiger partial charge >= 0.3 is 12.1 Å². The Morgan fingerprint density at radius 1 is 1.09 bits per heavy atom. The summed E-state index contributed by atoms with van der Waals surface area (Å²) in [4.78, 5) is 35.6. The van der Waals surface area contributed by atoms with Crippen molar-refractivity contribution in [1.29, 1.82) is 0 Å². The summed E-state index contributed by atoms with van der Waals surface area (Å²) >= 11 is 0. The highest BCUT2D eigenvalue weighted by Gasteiger charge is 2.44. The van der Waals surface area contributed by atoms with Gasteiger partial charge in [-0.3, -0.25) is 4.79 Å². The van der Waals surface area contributed by atoms with E-state index in [1.54, 1.807) is 0 Å². The van der Waals surface area contributed by atoms with Crippen molar-refractivity contribution in [3.63, 3.8) is 0 Å². The van der Waals surface area contributed by atoms with Gasteiger partial charge in [-0.05, 0) is 34.6 Å². The van der Waals surface area contributed by atoms with Gasteiger partial charge in [-0.2, -0.15) is 0 Å². The topological polar surface area (TPSA) is 105 Å². The Kier molecular flexibility index (Phi) is 6.13. The lowest BCUT2D eigenvalue weighted by Crippen LogP contribution is -2.41. The van der Waals surface area contributed by atoms with Gasteiger partial charge in [0.1, 0.15) is 12.6 Å². The molecule has 2 aliphatic rings. The second kappa shape index (κ2) is 9.15. The molecular formula is C25H24N2O5. The Labute approximate surface area is 186 Å². The monoisotopic (exact) mass is 432 g/mol. The van der Waals surface area contributed by atoms with Crippen LogP contribution in [0.15, 0.2) is 48.5 Å². The molecule has 3 atom stereocenters. The van der Waals surface area contributed by atoms with Gasteiger partial charge in [0.25, 0.3) is 0 Å². The molecule has 0 heterocycles. The molecule has 32 heavy (non-hydrogen) atoms. The third-order valence-corrected chi connectivity index (χ3v) is 6.05. The fourth-order valence-electron chi connectivity index (χ4n) is 4.25. The summed E-state index contributed by atoms with van der Waals surface area (Å²) in [5.41, 5.74) is 4.60. The molecule has 2 aromatic carbocycles. The number of aliphatic carboxylic acids is 1. The number of carbonyl (C=O) groups excluding carboxylic acids is 2. The minimum absolute atomic E-state index is 0.0169. The third-order valence-electron chi connectivity index (χ3n) is 6.05. The maximum absolute atomic E-state index is 12.3. The van der Waals surface area contributed by atoms with Gasteiger partial charge in [0, 0.05) is 24.8 Å². The molecule has 2 aliphatic carbocycles. The number of carboxylic acids is 1. The van der Waals surface area contributed by atoms with Crippen molar-refractivity contribution in [2.75, 3.05) is 13.2 Å². The molecule has 164 valence electrons. The maximum atomic E-state index is 12.3. The lowest BCUT2D eigenvalue weighted by molar-refractivity contribution is -0.141. The average molecular weight is 432 g/mol. The molecule has 2 amide bonds. The lowest BCUT2D eigenvalue weighted by Gasteiger charge is -2.14. The summed E-state index contributed by atoms with van der Waals surface area (Å²) in [6.45, 7) is 0.516. The van der Waals surface area contributed by atoms with Crippen molar-refractivity contribution in [2.24, 2.45) is 11.8 Å². The number of amides is 2. The van der Waals surface area contributed by atoms with Crippen molar-refractivity contribution in [2.45, 2.75) is 24.8 Å². The number of fused-ring (bicyclic) bond motifs is 3. The molecule has 0 bridgehead atoms. The standard InChI is InChI=1S/C25H24N2O5/c1-2-7-22(24(29)30)27-23(28)20-12-15(20)13-26-25(31)32-14-21-18-10-5-3-8-16(18)17-9-4-6-11-19(17)21/h1,3-6,8-11,15,20-22H,7,12-14H2,(H,26,31)(H,27,28)(H,29,30)/t15-,20-,22?/m1/s1. The van der Waals surface area contributed by atoms with E-state index in [4.69, 9.17) is 16.3 Å². The summed E-state index contributed by atoms with van der Waals surface area (Å²) < 4.78 is 5.49. The second-order valence-corrected chi connectivity index (χ2v) is 8.12. The largest absolute Gasteiger partial charge is 0.480 e. The molecule has 7 nitrogen and oxygen atoms in total. The predicted octanol–water partition coefficient (Wildman–Crippen LogP) is 2.75. The summed E-state index contributed by atoms with van der Waals surface area (Å²) in [5.74, 6) is 0.337. The van der Waals surface area contributed by atoms with Crippen molar-refractivity contribution in [3.8, 4) is 23.5 Å². The summed E-state index contributed by atoms with van der Waals surface area (Å²) in [7, 11) is 0. The lowest BCUT2D eigenvalue weighted by atomic mass is 9.98. The Bertz CT molecular complexity index is 1040. The molecule has 3 N–H and O–H groups in total. The smallest absolute Gasteiger partial charge is 0.407 e. The van der Waals surface area contributed by atoms with Crippen LogP contribution in [-0.4, -0.2) is 42.3 Å². The quantitative estimate of drug-likeness (QED) is 0.557. The zero-order valence-electron chi connectivity index (χ0n) is 17.4. The molecule has 0 radical (unpaired) electrons. The van der Waals surface area contributed by atoms with E-state index in [9.17, 15) is 14.4 Å². The number of ether oxygens (including phenoxy) is 1. The fourth-order valence-corrected chi connectivity index (χ4v) is 4.25. The van der Waals surface area contributed by atoms with Crippen LogP contribution in [-0.2, 0) is 14.3 Å². The Hall–Kier alpha value is -3.79. The summed E-state index contributed by atoms with van der Waals surface area (Å²) in [6, 6.07) is 15.1. The van der Waals surface area contributed by atoms with Crippen LogP contribution in [0.4, 0.5) is 4.79 Å². The van der Waals surface area contributed by atoms with E-state index in [-0.39, 0.29) is 36.7 Å². The first kappa shape index (κ1) is 21.4. The number of carbonyl (C=O) groups is 3. The van der Waals surface area contributed by atoms with E-state index in [1.165, 1.54) is 0 Å². The fraction of sp³-hybridized carbons (Fsp3) is 0.320. The number of alkyl carbamates (subject to hydrolysis) is 1. The van der Waals surface area contributed by atoms with Gasteiger partial charge in [-0.25, -0.2) is 9.59 Å². The molecule has 1 unspecified atom stereocenters. The highest BCUT2D eigenvalue weighted by atomic mass is 16.5. The van der Waals surface area contributed by atoms with Crippen LogP contribution in [0.5, 0.6) is 0 Å². The van der Waals surface area contributed by atoms with Crippen molar-refractivity contribution >= 4 is 18.0 Å². The number of rotatable bonds is 8. The predicted molar refractivity (Wildman–Crippen MR) is 118 cm³/mol. The van der Waals surface area contributed by atoms with Crippen LogP contribution >= 0.6 is 0 Å². The van der Waals surface area contributed by atoms with Gasteiger partial charge in [-0.15, -0.1) is 12.3 Å². The van der Waals surface area contributed by atoms with Crippen molar-refractivity contribution in [3.05, 3.63) is 59.7 Å². The SMILES string of the molecule is C#CCC(NC(=O)[C@@H]1C[C@@H]1CNC(=O)OCC1c2ccccc2-c2ccccc21)C(=O)O. The molecule has 0 aliphatic heterocycles. The molecule has 0 spiro atoms. The van der Waals surface area contributed by atoms with Crippen LogP contribution in [0.1, 0.15) is 29.9 Å². The first-order chi connectivity index (χ1) is 15.5. The number of terminal acetylenes is 1. The Morgan fingerprint density at radius 3 is 2.31 bits per heavy atom. The van der Waals surface area contributed by atoms with Gasteiger partial charge < -0.3 is 20.5 Å². The first-order valence-corrected chi connectivity index (χ1v) is 10.5. The molecule has 2 aromatic rings. The van der Waals surface area contributed by atoms with E-state index >= 15 is 0 Å². The zero-order valence-corrected chi connectivity index (χ0v) is 17.4. The Balaban J connectivity index is 1.25. The van der Waals surface area contributed by atoms with Gasteiger partial charge in [0.05, 0.1) is 0 Å². The second-order valence-electron chi connectivity index (χ2n) is 8.12. The maximum Gasteiger partial charge on any atom is 0.407 e. The molecular weight excluding hydrogens is 408 g/mol. The highest BCUT2D eigenvalue weighted by Crippen LogP contribution is 2.44. The molecule has 0 aromatic heterocycles. The summed E-state index contributed by atoms with van der Waals surface area (Å²) in [5, 5.41) is 14.3. The van der Waals surface area contributed by atoms with E-state index in [0.717, 1.165) is 22.3 Å². The number of carboxylic acid groups (broad SMARTS) is 1. The van der Waals surface area contributed by atoms with Crippen LogP contribution < -0.4 is 10.6 Å². The van der Waals surface area contributed by atoms with Crippen LogP contribution in [0.2, 0.25) is 0 Å². The zero-order chi connectivity index (χ0) is 22.7. The Morgan fingerprint density at radius 2 is 1.72 bits per heavy atom. The van der Waals surface area contributed by atoms with E-state index < -0.39 is 18.1 Å². The van der Waals surface area contributed by atoms with E-state index in [0.29, 0.717) is 13.0 Å². The van der Waals surface area contributed by atoms with E-state index in [1.807, 2.05) is 24.3 Å². The molecule has 1 fully saturated rings.